The molecule has 2 radical (unpaired) electrons. The maximum atomic E-state index is 11.5. The van der Waals surface area contributed by atoms with Crippen molar-refractivity contribution < 1.29 is 29.6 Å². The van der Waals surface area contributed by atoms with Crippen molar-refractivity contribution in [3.8, 4) is 11.5 Å². The molecule has 0 heterocycles. The first-order chi connectivity index (χ1) is 11.5. The predicted octanol–water partition coefficient (Wildman–Crippen LogP) is -0.262. The summed E-state index contributed by atoms with van der Waals surface area (Å²) < 4.78 is 10.7. The van der Waals surface area contributed by atoms with E-state index in [4.69, 9.17) is 17.3 Å². The Labute approximate surface area is 156 Å². The van der Waals surface area contributed by atoms with Crippen LogP contribution in [0.2, 0.25) is 0 Å². The van der Waals surface area contributed by atoms with Crippen LogP contribution < -0.4 is 20.1 Å². The van der Waals surface area contributed by atoms with Gasteiger partial charge in [0.1, 0.15) is 25.0 Å². The van der Waals surface area contributed by atoms with Crippen LogP contribution in [0.4, 0.5) is 0 Å². The summed E-state index contributed by atoms with van der Waals surface area (Å²) >= 11 is 3.25. The first-order valence-electron chi connectivity index (χ1n) is 7.38. The van der Waals surface area contributed by atoms with E-state index >= 15 is 0 Å². The van der Waals surface area contributed by atoms with Gasteiger partial charge in [0.2, 0.25) is 11.7 Å². The number of ether oxygens (including phenoxy) is 2. The van der Waals surface area contributed by atoms with Gasteiger partial charge < -0.3 is 30.1 Å². The first-order valence-corrected chi connectivity index (χ1v) is 8.18. The molecule has 0 aromatic heterocycles. The van der Waals surface area contributed by atoms with Gasteiger partial charge in [0.15, 0.2) is 0 Å². The molecule has 1 unspecified atom stereocenters. The smallest absolute Gasteiger partial charge is 0.227 e. The molecule has 0 aliphatic heterocycles. The van der Waals surface area contributed by atoms with E-state index in [1.54, 1.807) is 13.8 Å². The quantitative estimate of drug-likeness (QED) is 0.292. The number of methoxy groups -OCH3 is 2. The number of carbonyl (C=O) groups excluding carboxylic acids is 1. The lowest BCUT2D eigenvalue weighted by Gasteiger charge is -2.39. The van der Waals surface area contributed by atoms with Crippen LogP contribution >= 0.6 is 15.9 Å². The van der Waals surface area contributed by atoms with Gasteiger partial charge in [-0.1, -0.05) is 13.8 Å². The van der Waals surface area contributed by atoms with E-state index < -0.39 is 11.4 Å². The van der Waals surface area contributed by atoms with Gasteiger partial charge in [0, 0.05) is 5.92 Å². The number of nitrogens with one attached hydrogen (secondary N) is 2. The standard InChI is InChI=1S/C15H22BBrN2O6/c1-8(2)13(20)18-7-19-15(16,23)14(21,22)9-5-12(25-4)10(17)6-11(9)24-3/h5-6,8,19,21-23H,7H2,1-4H3,(H,18,20). The number of carbonyl (C=O) groups is 1. The van der Waals surface area contributed by atoms with Crippen molar-refractivity contribution in [3.63, 3.8) is 0 Å². The van der Waals surface area contributed by atoms with E-state index in [9.17, 15) is 20.1 Å². The Bertz CT molecular complexity index is 624. The molecule has 138 valence electrons. The van der Waals surface area contributed by atoms with Crippen LogP contribution in [-0.4, -0.2) is 55.6 Å². The number of amides is 1. The Morgan fingerprint density at radius 2 is 1.80 bits per heavy atom. The monoisotopic (exact) mass is 416 g/mol. The van der Waals surface area contributed by atoms with Gasteiger partial charge >= 0.3 is 0 Å². The van der Waals surface area contributed by atoms with Gasteiger partial charge in [0.05, 0.1) is 30.9 Å². The number of hydrogen-bond donors (Lipinski definition) is 5. The highest BCUT2D eigenvalue weighted by atomic mass is 79.9. The molecular weight excluding hydrogens is 395 g/mol. The summed E-state index contributed by atoms with van der Waals surface area (Å²) in [4.78, 5) is 11.5. The second kappa shape index (κ2) is 8.37. The van der Waals surface area contributed by atoms with Gasteiger partial charge in [-0.2, -0.15) is 0 Å². The fraction of sp³-hybridized carbons (Fsp3) is 0.533. The molecule has 0 aliphatic rings. The summed E-state index contributed by atoms with van der Waals surface area (Å²) in [5.41, 5.74) is -2.94. The highest BCUT2D eigenvalue weighted by Gasteiger charge is 2.47. The Balaban J connectivity index is 3.10. The molecule has 1 atom stereocenters. The van der Waals surface area contributed by atoms with E-state index in [1.165, 1.54) is 26.4 Å². The highest BCUT2D eigenvalue weighted by Crippen LogP contribution is 2.40. The highest BCUT2D eigenvalue weighted by molar-refractivity contribution is 9.10. The lowest BCUT2D eigenvalue weighted by atomic mass is 9.78. The number of hydrogen-bond acceptors (Lipinski definition) is 7. The van der Waals surface area contributed by atoms with Gasteiger partial charge in [-0.3, -0.25) is 10.1 Å². The normalized spacial score (nSPS) is 14.1. The van der Waals surface area contributed by atoms with Crippen molar-refractivity contribution in [1.82, 2.24) is 10.6 Å². The second-order valence-electron chi connectivity index (χ2n) is 5.67. The lowest BCUT2D eigenvalue weighted by Crippen LogP contribution is -2.63. The molecule has 1 amide bonds. The molecule has 1 aromatic carbocycles. The minimum absolute atomic E-state index is 0.0505. The fourth-order valence-corrected chi connectivity index (χ4v) is 2.42. The summed E-state index contributed by atoms with van der Waals surface area (Å²) in [6, 6.07) is 2.70. The number of rotatable bonds is 8. The SMILES string of the molecule is [B]C(O)(NCNC(=O)C(C)C)C(O)(O)c1cc(OC)c(Br)cc1OC. The third-order valence-corrected chi connectivity index (χ3v) is 4.15. The summed E-state index contributed by atoms with van der Waals surface area (Å²) in [6.45, 7) is 3.08. The van der Waals surface area contributed by atoms with E-state index in [1.807, 2.05) is 0 Å². The van der Waals surface area contributed by atoms with Crippen LogP contribution in [0.1, 0.15) is 19.4 Å². The number of aliphatic hydroxyl groups is 3. The third-order valence-electron chi connectivity index (χ3n) is 3.53. The number of benzene rings is 1. The van der Waals surface area contributed by atoms with E-state index in [0.717, 1.165) is 0 Å². The zero-order valence-electron chi connectivity index (χ0n) is 14.5. The van der Waals surface area contributed by atoms with Gasteiger partial charge in [-0.25, -0.2) is 0 Å². The van der Waals surface area contributed by atoms with Crippen molar-refractivity contribution in [2.24, 2.45) is 5.92 Å². The van der Waals surface area contributed by atoms with Crippen molar-refractivity contribution in [1.29, 1.82) is 0 Å². The summed E-state index contributed by atoms with van der Waals surface area (Å²) in [6.07, 6.45) is 0. The number of halogens is 1. The third kappa shape index (κ3) is 4.86. The predicted molar refractivity (Wildman–Crippen MR) is 95.0 cm³/mol. The Morgan fingerprint density at radius 3 is 2.28 bits per heavy atom. The molecule has 0 bridgehead atoms. The van der Waals surface area contributed by atoms with Crippen LogP contribution in [-0.2, 0) is 10.6 Å². The summed E-state index contributed by atoms with van der Waals surface area (Å²) in [7, 11) is 8.34. The molecule has 0 aliphatic carbocycles. The molecule has 0 saturated heterocycles. The molecule has 1 aromatic rings. The van der Waals surface area contributed by atoms with Crippen molar-refractivity contribution in [3.05, 3.63) is 22.2 Å². The minimum atomic E-state index is -2.96. The molecular formula is C15H22BBrN2O6. The average Bonchev–Trinajstić information content (AvgIpc) is 2.53. The van der Waals surface area contributed by atoms with Crippen LogP contribution in [0.3, 0.4) is 0 Å². The lowest BCUT2D eigenvalue weighted by molar-refractivity contribution is -0.263. The Kier molecular flexibility index (Phi) is 7.27. The Morgan fingerprint density at radius 1 is 1.24 bits per heavy atom. The maximum absolute atomic E-state index is 11.5. The minimum Gasteiger partial charge on any atom is -0.496 e. The fourth-order valence-electron chi connectivity index (χ4n) is 1.93. The molecule has 0 fully saturated rings. The zero-order chi connectivity index (χ0) is 19.4. The summed E-state index contributed by atoms with van der Waals surface area (Å²) in [5, 5.41) is 36.0. The second-order valence-corrected chi connectivity index (χ2v) is 6.53. The van der Waals surface area contributed by atoms with Crippen LogP contribution in [0.5, 0.6) is 11.5 Å². The molecule has 0 saturated carbocycles. The van der Waals surface area contributed by atoms with Crippen LogP contribution in [0.15, 0.2) is 16.6 Å². The van der Waals surface area contributed by atoms with Crippen LogP contribution in [0.25, 0.3) is 0 Å². The molecule has 10 heteroatoms. The maximum Gasteiger partial charge on any atom is 0.227 e. The van der Waals surface area contributed by atoms with E-state index in [0.29, 0.717) is 4.47 Å². The van der Waals surface area contributed by atoms with Crippen LogP contribution in [0, 0.1) is 5.92 Å². The first kappa shape index (κ1) is 21.7. The molecule has 25 heavy (non-hydrogen) atoms. The van der Waals surface area contributed by atoms with Crippen molar-refractivity contribution >= 4 is 29.7 Å². The largest absolute Gasteiger partial charge is 0.496 e. The van der Waals surface area contributed by atoms with Crippen molar-refractivity contribution in [2.45, 2.75) is 25.3 Å². The zero-order valence-corrected chi connectivity index (χ0v) is 16.0. The van der Waals surface area contributed by atoms with Crippen molar-refractivity contribution in [2.75, 3.05) is 20.9 Å². The van der Waals surface area contributed by atoms with Gasteiger partial charge in [-0.15, -0.1) is 0 Å². The van der Waals surface area contributed by atoms with Gasteiger partial charge in [-0.05, 0) is 28.1 Å². The molecule has 1 rings (SSSR count). The van der Waals surface area contributed by atoms with Gasteiger partial charge in [0.25, 0.3) is 0 Å². The molecule has 5 N–H and O–H groups in total. The average molecular weight is 417 g/mol. The molecule has 8 nitrogen and oxygen atoms in total. The summed E-state index contributed by atoms with van der Waals surface area (Å²) in [5.74, 6) is -3.22. The van der Waals surface area contributed by atoms with E-state index in [-0.39, 0.29) is 35.6 Å². The van der Waals surface area contributed by atoms with E-state index in [2.05, 4.69) is 26.6 Å². The topological polar surface area (TPSA) is 120 Å². The Hall–Kier alpha value is -1.33. The molecule has 0 spiro atoms.